The molecule has 4 nitrogen and oxygen atoms in total. The second kappa shape index (κ2) is 3.94. The Morgan fingerprint density at radius 1 is 1.50 bits per heavy atom. The molecule has 0 aliphatic carbocycles. The Morgan fingerprint density at radius 3 is 2.88 bits per heavy atom. The van der Waals surface area contributed by atoms with Gasteiger partial charge >= 0.3 is 5.97 Å². The van der Waals surface area contributed by atoms with E-state index in [1.54, 1.807) is 6.07 Å². The van der Waals surface area contributed by atoms with E-state index in [4.69, 9.17) is 9.52 Å². The summed E-state index contributed by atoms with van der Waals surface area (Å²) in [7, 11) is 1.18. The lowest BCUT2D eigenvalue weighted by molar-refractivity contribution is 0.0595. The highest BCUT2D eigenvalue weighted by Gasteiger charge is 2.15. The van der Waals surface area contributed by atoms with Crippen molar-refractivity contribution < 1.29 is 23.4 Å². The minimum absolute atomic E-state index is 0.153. The van der Waals surface area contributed by atoms with E-state index in [1.807, 2.05) is 0 Å². The summed E-state index contributed by atoms with van der Waals surface area (Å²) in [5, 5.41) is 9.40. The van der Waals surface area contributed by atoms with Crippen LogP contribution in [0.2, 0.25) is 0 Å². The molecule has 2 rings (SSSR count). The number of carbonyl (C=O) groups excluding carboxylic acids is 1. The summed E-state index contributed by atoms with van der Waals surface area (Å²) >= 11 is 0. The van der Waals surface area contributed by atoms with Crippen LogP contribution in [0.4, 0.5) is 4.39 Å². The van der Waals surface area contributed by atoms with Crippen molar-refractivity contribution in [2.24, 2.45) is 0 Å². The molecule has 1 aromatic heterocycles. The predicted octanol–water partition coefficient (Wildman–Crippen LogP) is 1.85. The van der Waals surface area contributed by atoms with Crippen molar-refractivity contribution in [3.8, 4) is 0 Å². The highest BCUT2D eigenvalue weighted by molar-refractivity contribution is 5.94. The number of halogens is 1. The van der Waals surface area contributed by atoms with Crippen LogP contribution in [0.25, 0.3) is 11.0 Å². The molecule has 84 valence electrons. The zero-order valence-electron chi connectivity index (χ0n) is 8.49. The van der Waals surface area contributed by atoms with Gasteiger partial charge in [0.25, 0.3) is 0 Å². The van der Waals surface area contributed by atoms with Crippen molar-refractivity contribution in [1.82, 2.24) is 0 Å². The van der Waals surface area contributed by atoms with Crippen LogP contribution in [0.3, 0.4) is 0 Å². The summed E-state index contributed by atoms with van der Waals surface area (Å²) < 4.78 is 23.0. The van der Waals surface area contributed by atoms with Crippen LogP contribution in [0.1, 0.15) is 16.1 Å². The number of aliphatic hydroxyl groups excluding tert-OH is 1. The fourth-order valence-electron chi connectivity index (χ4n) is 1.46. The van der Waals surface area contributed by atoms with Gasteiger partial charge in [0.15, 0.2) is 0 Å². The van der Waals surface area contributed by atoms with Crippen LogP contribution < -0.4 is 0 Å². The lowest BCUT2D eigenvalue weighted by Crippen LogP contribution is -2.03. The molecule has 1 N–H and O–H groups in total. The first-order valence-corrected chi connectivity index (χ1v) is 4.57. The van der Waals surface area contributed by atoms with E-state index in [0.717, 1.165) is 6.07 Å². The molecule has 0 aliphatic heterocycles. The van der Waals surface area contributed by atoms with Gasteiger partial charge in [-0.2, -0.15) is 0 Å². The Morgan fingerprint density at radius 2 is 2.25 bits per heavy atom. The van der Waals surface area contributed by atoms with Crippen LogP contribution in [0.5, 0.6) is 0 Å². The number of hydrogen-bond acceptors (Lipinski definition) is 4. The smallest absolute Gasteiger partial charge is 0.340 e. The van der Waals surface area contributed by atoms with E-state index < -0.39 is 11.8 Å². The number of methoxy groups -OCH3 is 1. The molecule has 0 atom stereocenters. The first kappa shape index (κ1) is 10.6. The predicted molar refractivity (Wildman–Crippen MR) is 53.4 cm³/mol. The molecule has 0 fully saturated rings. The normalized spacial score (nSPS) is 10.7. The van der Waals surface area contributed by atoms with Crippen LogP contribution in [-0.4, -0.2) is 18.2 Å². The molecule has 0 radical (unpaired) electrons. The molecule has 0 saturated carbocycles. The Bertz CT molecular complexity index is 544. The zero-order valence-corrected chi connectivity index (χ0v) is 8.49. The van der Waals surface area contributed by atoms with Gasteiger partial charge < -0.3 is 14.3 Å². The van der Waals surface area contributed by atoms with Gasteiger partial charge in [0, 0.05) is 11.5 Å². The number of ether oxygens (including phenoxy) is 1. The standard InChI is InChI=1S/C11H9FO4/c1-15-11(14)8-3-6-2-7(5-13)16-10(6)4-9(8)12/h2-4,13H,5H2,1H3. The third-order valence-corrected chi connectivity index (χ3v) is 2.22. The highest BCUT2D eigenvalue weighted by Crippen LogP contribution is 2.23. The van der Waals surface area contributed by atoms with Crippen molar-refractivity contribution in [1.29, 1.82) is 0 Å². The molecule has 1 aromatic carbocycles. The number of rotatable bonds is 2. The molecule has 0 aliphatic rings. The van der Waals surface area contributed by atoms with Crippen LogP contribution >= 0.6 is 0 Å². The molecule has 0 amide bonds. The number of furan rings is 1. The number of esters is 1. The van der Waals surface area contributed by atoms with Crippen LogP contribution in [-0.2, 0) is 11.3 Å². The Kier molecular flexibility index (Phi) is 2.62. The second-order valence-corrected chi connectivity index (χ2v) is 3.23. The maximum Gasteiger partial charge on any atom is 0.340 e. The number of benzene rings is 1. The zero-order chi connectivity index (χ0) is 11.7. The number of carbonyl (C=O) groups is 1. The monoisotopic (exact) mass is 224 g/mol. The maximum absolute atomic E-state index is 13.4. The summed E-state index contributed by atoms with van der Waals surface area (Å²) in [6.45, 7) is -0.274. The first-order valence-electron chi connectivity index (χ1n) is 4.57. The Labute approximate surface area is 90.2 Å². The molecule has 0 bridgehead atoms. The lowest BCUT2D eigenvalue weighted by atomic mass is 10.1. The summed E-state index contributed by atoms with van der Waals surface area (Å²) in [5.74, 6) is -1.14. The highest BCUT2D eigenvalue weighted by atomic mass is 19.1. The summed E-state index contributed by atoms with van der Waals surface area (Å²) in [5.41, 5.74) is 0.134. The van der Waals surface area contributed by atoms with Crippen molar-refractivity contribution >= 4 is 16.9 Å². The molecule has 0 unspecified atom stereocenters. The fourth-order valence-corrected chi connectivity index (χ4v) is 1.46. The molecule has 16 heavy (non-hydrogen) atoms. The van der Waals surface area contributed by atoms with Gasteiger partial charge in [-0.15, -0.1) is 0 Å². The van der Waals surface area contributed by atoms with Gasteiger partial charge in [0.1, 0.15) is 23.8 Å². The van der Waals surface area contributed by atoms with E-state index in [-0.39, 0.29) is 17.8 Å². The number of hydrogen-bond donors (Lipinski definition) is 1. The van der Waals surface area contributed by atoms with Crippen molar-refractivity contribution in [3.63, 3.8) is 0 Å². The quantitative estimate of drug-likeness (QED) is 0.791. The van der Waals surface area contributed by atoms with Gasteiger partial charge in [0.2, 0.25) is 0 Å². The maximum atomic E-state index is 13.4. The Hall–Kier alpha value is -1.88. The molecular weight excluding hydrogens is 215 g/mol. The van der Waals surface area contributed by atoms with E-state index in [9.17, 15) is 9.18 Å². The van der Waals surface area contributed by atoms with Gasteiger partial charge in [-0.05, 0) is 12.1 Å². The van der Waals surface area contributed by atoms with E-state index in [1.165, 1.54) is 13.2 Å². The van der Waals surface area contributed by atoms with E-state index >= 15 is 0 Å². The molecule has 0 spiro atoms. The molecular formula is C11H9FO4. The minimum Gasteiger partial charge on any atom is -0.465 e. The van der Waals surface area contributed by atoms with Crippen molar-refractivity contribution in [2.45, 2.75) is 6.61 Å². The van der Waals surface area contributed by atoms with Gasteiger partial charge in [-0.3, -0.25) is 0 Å². The minimum atomic E-state index is -0.744. The van der Waals surface area contributed by atoms with E-state index in [0.29, 0.717) is 11.1 Å². The summed E-state index contributed by atoms with van der Waals surface area (Å²) in [6, 6.07) is 3.97. The fraction of sp³-hybridized carbons (Fsp3) is 0.182. The topological polar surface area (TPSA) is 59.7 Å². The third-order valence-electron chi connectivity index (χ3n) is 2.22. The molecule has 0 saturated heterocycles. The SMILES string of the molecule is COC(=O)c1cc2cc(CO)oc2cc1F. The second-order valence-electron chi connectivity index (χ2n) is 3.23. The van der Waals surface area contributed by atoms with Gasteiger partial charge in [0.05, 0.1) is 12.7 Å². The first-order chi connectivity index (χ1) is 7.65. The lowest BCUT2D eigenvalue weighted by Gasteiger charge is -2.00. The summed E-state index contributed by atoms with van der Waals surface area (Å²) in [6.07, 6.45) is 0. The Balaban J connectivity index is 2.60. The van der Waals surface area contributed by atoms with Crippen molar-refractivity contribution in [3.05, 3.63) is 35.3 Å². The molecule has 5 heteroatoms. The third kappa shape index (κ3) is 1.65. The van der Waals surface area contributed by atoms with Crippen LogP contribution in [0.15, 0.2) is 22.6 Å². The summed E-state index contributed by atoms with van der Waals surface area (Å²) in [4.78, 5) is 11.2. The van der Waals surface area contributed by atoms with Crippen LogP contribution in [0, 0.1) is 5.82 Å². The van der Waals surface area contributed by atoms with Crippen molar-refractivity contribution in [2.75, 3.05) is 7.11 Å². The molecule has 1 heterocycles. The van der Waals surface area contributed by atoms with E-state index in [2.05, 4.69) is 4.74 Å². The molecule has 2 aromatic rings. The number of aliphatic hydroxyl groups is 1. The van der Waals surface area contributed by atoms with Gasteiger partial charge in [-0.1, -0.05) is 0 Å². The average Bonchev–Trinajstić information content (AvgIpc) is 2.68. The largest absolute Gasteiger partial charge is 0.465 e. The number of fused-ring (bicyclic) bond motifs is 1. The average molecular weight is 224 g/mol. The van der Waals surface area contributed by atoms with Gasteiger partial charge in [-0.25, -0.2) is 9.18 Å².